The molecule has 4 heterocycles. The van der Waals surface area contributed by atoms with Gasteiger partial charge in [-0.15, -0.1) is 0 Å². The lowest BCUT2D eigenvalue weighted by molar-refractivity contribution is -0.134. The molecule has 10 nitrogen and oxygen atoms in total. The Bertz CT molecular complexity index is 1540. The van der Waals surface area contributed by atoms with Crippen molar-refractivity contribution < 1.29 is 28.6 Å². The number of carbonyl (C=O) groups is 3. The minimum Gasteiger partial charge on any atom is -0.497 e. The summed E-state index contributed by atoms with van der Waals surface area (Å²) >= 11 is 2.26. The van der Waals surface area contributed by atoms with Crippen LogP contribution in [0.2, 0.25) is 0 Å². The van der Waals surface area contributed by atoms with E-state index in [-0.39, 0.29) is 29.2 Å². The van der Waals surface area contributed by atoms with Crippen molar-refractivity contribution in [2.75, 3.05) is 38.8 Å². The monoisotopic (exact) mass is 595 g/mol. The van der Waals surface area contributed by atoms with Gasteiger partial charge in [0, 0.05) is 23.9 Å². The summed E-state index contributed by atoms with van der Waals surface area (Å²) in [5, 5.41) is -0.119. The molecule has 41 heavy (non-hydrogen) atoms. The first-order valence-electron chi connectivity index (χ1n) is 13.4. The summed E-state index contributed by atoms with van der Waals surface area (Å²) in [4.78, 5) is 59.0. The van der Waals surface area contributed by atoms with E-state index in [9.17, 15) is 19.2 Å². The fraction of sp³-hybridized carbons (Fsp3) is 0.379. The molecule has 3 amide bonds. The number of amides is 3. The largest absolute Gasteiger partial charge is 0.497 e. The van der Waals surface area contributed by atoms with Crippen molar-refractivity contribution in [3.05, 3.63) is 62.6 Å². The highest BCUT2D eigenvalue weighted by atomic mass is 32.2. The number of imide groups is 1. The lowest BCUT2D eigenvalue weighted by Crippen LogP contribution is -2.38. The number of benzene rings is 2. The number of rotatable bonds is 7. The highest BCUT2D eigenvalue weighted by molar-refractivity contribution is 8.00. The predicted octanol–water partition coefficient (Wildman–Crippen LogP) is 3.64. The van der Waals surface area contributed by atoms with E-state index in [0.29, 0.717) is 38.4 Å². The third kappa shape index (κ3) is 4.99. The summed E-state index contributed by atoms with van der Waals surface area (Å²) in [5.41, 5.74) is 1.17. The fourth-order valence-corrected chi connectivity index (χ4v) is 8.25. The zero-order valence-corrected chi connectivity index (χ0v) is 24.2. The van der Waals surface area contributed by atoms with Crippen molar-refractivity contribution in [2.45, 2.75) is 35.5 Å². The van der Waals surface area contributed by atoms with Gasteiger partial charge in [0.1, 0.15) is 11.0 Å². The van der Waals surface area contributed by atoms with E-state index in [4.69, 9.17) is 14.2 Å². The van der Waals surface area contributed by atoms with Gasteiger partial charge < -0.3 is 24.1 Å². The van der Waals surface area contributed by atoms with Crippen LogP contribution < -0.4 is 24.0 Å². The van der Waals surface area contributed by atoms with E-state index >= 15 is 0 Å². The van der Waals surface area contributed by atoms with Crippen LogP contribution in [-0.4, -0.2) is 66.8 Å². The first kappa shape index (κ1) is 27.4. The number of likely N-dealkylation sites (tertiary alicyclic amines) is 1. The summed E-state index contributed by atoms with van der Waals surface area (Å²) in [6.45, 7) is 1.37. The average Bonchev–Trinajstić information content (AvgIpc) is 3.50. The fourth-order valence-electron chi connectivity index (χ4n) is 5.73. The number of aromatic nitrogens is 1. The molecule has 3 aromatic rings. The molecule has 3 atom stereocenters. The number of piperidine rings is 1. The number of hydrogen-bond donors (Lipinski definition) is 1. The number of ether oxygens (including phenoxy) is 3. The molecule has 2 fully saturated rings. The van der Waals surface area contributed by atoms with Gasteiger partial charge in [0.2, 0.25) is 11.8 Å². The van der Waals surface area contributed by atoms with Crippen molar-refractivity contribution in [1.29, 1.82) is 0 Å². The van der Waals surface area contributed by atoms with Crippen molar-refractivity contribution in [3.8, 4) is 17.2 Å². The first-order chi connectivity index (χ1) is 19.9. The van der Waals surface area contributed by atoms with Crippen LogP contribution in [0, 0.1) is 5.92 Å². The van der Waals surface area contributed by atoms with Gasteiger partial charge in [0.15, 0.2) is 18.1 Å². The highest BCUT2D eigenvalue weighted by Gasteiger charge is 2.56. The topological polar surface area (TPSA) is 118 Å². The molecule has 6 rings (SSSR count). The van der Waals surface area contributed by atoms with Crippen molar-refractivity contribution in [1.82, 2.24) is 9.88 Å². The summed E-state index contributed by atoms with van der Waals surface area (Å²) in [5.74, 6) is -0.607. The molecule has 3 unspecified atom stereocenters. The van der Waals surface area contributed by atoms with Crippen LogP contribution in [0.25, 0.3) is 0 Å². The number of fused-ring (bicyclic) bond motifs is 2. The van der Waals surface area contributed by atoms with Crippen LogP contribution in [0.5, 0.6) is 17.2 Å². The van der Waals surface area contributed by atoms with Crippen molar-refractivity contribution >= 4 is 46.5 Å². The Morgan fingerprint density at radius 2 is 1.71 bits per heavy atom. The highest BCUT2D eigenvalue weighted by Crippen LogP contribution is 2.53. The van der Waals surface area contributed by atoms with Gasteiger partial charge in [-0.1, -0.05) is 29.2 Å². The van der Waals surface area contributed by atoms with E-state index in [2.05, 4.69) is 4.98 Å². The van der Waals surface area contributed by atoms with E-state index in [1.165, 1.54) is 23.8 Å². The Balaban J connectivity index is 1.32. The second-order valence-electron chi connectivity index (χ2n) is 10.1. The molecule has 0 saturated carbocycles. The third-order valence-corrected chi connectivity index (χ3v) is 10.2. The number of methoxy groups -OCH3 is 2. The maximum Gasteiger partial charge on any atom is 0.305 e. The maximum absolute atomic E-state index is 13.9. The normalized spacial score (nSPS) is 21.9. The van der Waals surface area contributed by atoms with Gasteiger partial charge in [0.05, 0.1) is 30.9 Å². The van der Waals surface area contributed by atoms with Crippen molar-refractivity contribution in [2.24, 2.45) is 5.92 Å². The van der Waals surface area contributed by atoms with Crippen LogP contribution >= 0.6 is 23.1 Å². The van der Waals surface area contributed by atoms with Crippen LogP contribution in [0.4, 0.5) is 5.69 Å². The Hall–Kier alpha value is -3.77. The lowest BCUT2D eigenvalue weighted by atomic mass is 9.83. The van der Waals surface area contributed by atoms with Crippen LogP contribution in [0.3, 0.4) is 0 Å². The summed E-state index contributed by atoms with van der Waals surface area (Å²) < 4.78 is 16.7. The Morgan fingerprint density at radius 1 is 0.951 bits per heavy atom. The number of nitrogens with one attached hydrogen (secondary N) is 1. The van der Waals surface area contributed by atoms with Gasteiger partial charge in [-0.05, 0) is 61.2 Å². The van der Waals surface area contributed by atoms with Gasteiger partial charge in [-0.25, -0.2) is 4.90 Å². The van der Waals surface area contributed by atoms with Gasteiger partial charge >= 0.3 is 4.87 Å². The standard InChI is InChI=1S/C29H29N3O7S2/c1-37-18-9-7-17(8-10-18)32-27(34)23-22(24-26(30-29(36)41-24)40-25(23)28(32)35)16-6-11-19(20(14-16)38-2)39-15-21(33)31-12-4-3-5-13-31/h6-11,14,22-23,25H,3-5,12-13,15H2,1-2H3,(H,30,36). The Labute approximate surface area is 244 Å². The number of H-pyrrole nitrogens is 1. The number of aromatic amines is 1. The summed E-state index contributed by atoms with van der Waals surface area (Å²) in [6.07, 6.45) is 3.12. The zero-order chi connectivity index (χ0) is 28.7. The number of anilines is 1. The molecule has 12 heteroatoms. The SMILES string of the molecule is COc1ccc(N2C(=O)C3Sc4[nH]c(=O)sc4C(c4ccc(OCC(=O)N5CCCCC5)c(OC)c4)C3C2=O)cc1. The molecular formula is C29H29N3O7S2. The Kier molecular flexibility index (Phi) is 7.52. The number of thiazole rings is 1. The number of hydrogen-bond acceptors (Lipinski definition) is 9. The molecule has 3 aliphatic rings. The predicted molar refractivity (Wildman–Crippen MR) is 154 cm³/mol. The molecule has 0 bridgehead atoms. The minimum atomic E-state index is -0.731. The molecule has 214 valence electrons. The molecule has 2 saturated heterocycles. The quantitative estimate of drug-likeness (QED) is 0.412. The second-order valence-corrected chi connectivity index (χ2v) is 12.3. The first-order valence-corrected chi connectivity index (χ1v) is 15.1. The van der Waals surface area contributed by atoms with Crippen LogP contribution in [0.15, 0.2) is 52.3 Å². The minimum absolute atomic E-state index is 0.0709. The third-order valence-electron chi connectivity index (χ3n) is 7.76. The average molecular weight is 596 g/mol. The second kappa shape index (κ2) is 11.2. The molecular weight excluding hydrogens is 566 g/mol. The zero-order valence-electron chi connectivity index (χ0n) is 22.6. The molecule has 0 radical (unpaired) electrons. The molecule has 2 aromatic carbocycles. The van der Waals surface area contributed by atoms with Crippen molar-refractivity contribution in [3.63, 3.8) is 0 Å². The van der Waals surface area contributed by atoms with E-state index in [1.807, 2.05) is 11.0 Å². The maximum atomic E-state index is 13.9. The van der Waals surface area contributed by atoms with Gasteiger partial charge in [0.25, 0.3) is 5.91 Å². The Morgan fingerprint density at radius 3 is 2.41 bits per heavy atom. The van der Waals surface area contributed by atoms with Crippen LogP contribution in [0.1, 0.15) is 35.6 Å². The smallest absolute Gasteiger partial charge is 0.305 e. The van der Waals surface area contributed by atoms with E-state index in [1.54, 1.807) is 43.5 Å². The summed E-state index contributed by atoms with van der Waals surface area (Å²) in [7, 11) is 3.06. The summed E-state index contributed by atoms with van der Waals surface area (Å²) in [6, 6.07) is 12.1. The van der Waals surface area contributed by atoms with E-state index < -0.39 is 17.1 Å². The number of nitrogens with zero attached hydrogens (tertiary/aromatic N) is 2. The molecule has 1 N–H and O–H groups in total. The molecule has 3 aliphatic heterocycles. The number of carbonyl (C=O) groups excluding carboxylic acids is 3. The number of thioether (sulfide) groups is 1. The van der Waals surface area contributed by atoms with Gasteiger partial charge in [-0.2, -0.15) is 0 Å². The lowest BCUT2D eigenvalue weighted by Gasteiger charge is -2.30. The van der Waals surface area contributed by atoms with Crippen LogP contribution in [-0.2, 0) is 14.4 Å². The van der Waals surface area contributed by atoms with E-state index in [0.717, 1.165) is 43.7 Å². The molecule has 0 spiro atoms. The van der Waals surface area contributed by atoms with Gasteiger partial charge in [-0.3, -0.25) is 19.2 Å². The molecule has 0 aliphatic carbocycles. The molecule has 1 aromatic heterocycles.